The molecule has 94 valence electrons. The van der Waals surface area contributed by atoms with E-state index < -0.39 is 11.7 Å². The van der Waals surface area contributed by atoms with Gasteiger partial charge in [-0.2, -0.15) is 0 Å². The van der Waals surface area contributed by atoms with E-state index >= 15 is 0 Å². The summed E-state index contributed by atoms with van der Waals surface area (Å²) in [6, 6.07) is 5.74. The van der Waals surface area contributed by atoms with Gasteiger partial charge in [0.05, 0.1) is 12.2 Å². The van der Waals surface area contributed by atoms with Crippen LogP contribution < -0.4 is 16.8 Å². The van der Waals surface area contributed by atoms with Crippen molar-refractivity contribution in [2.45, 2.75) is 6.54 Å². The second-order valence-corrected chi connectivity index (χ2v) is 4.71. The van der Waals surface area contributed by atoms with Crippen LogP contribution in [-0.4, -0.2) is 5.91 Å². The second-order valence-electron chi connectivity index (χ2n) is 3.71. The SMILES string of the molecule is NC(=O)c1ccc(F)c(NCc2sccc2N)c1. The van der Waals surface area contributed by atoms with Crippen molar-refractivity contribution >= 4 is 28.6 Å². The van der Waals surface area contributed by atoms with E-state index in [1.54, 1.807) is 6.07 Å². The quantitative estimate of drug-likeness (QED) is 0.792. The molecule has 1 amide bonds. The molecule has 1 aromatic heterocycles. The first-order valence-corrected chi connectivity index (χ1v) is 6.11. The average Bonchev–Trinajstić information content (AvgIpc) is 2.73. The molecule has 0 aliphatic carbocycles. The fraction of sp³-hybridized carbons (Fsp3) is 0.0833. The van der Waals surface area contributed by atoms with Crippen molar-refractivity contribution in [2.24, 2.45) is 5.73 Å². The van der Waals surface area contributed by atoms with Crippen LogP contribution in [0.3, 0.4) is 0 Å². The first kappa shape index (κ1) is 12.4. The van der Waals surface area contributed by atoms with Gasteiger partial charge in [-0.3, -0.25) is 4.79 Å². The highest BCUT2D eigenvalue weighted by atomic mass is 32.1. The number of anilines is 2. The first-order valence-electron chi connectivity index (χ1n) is 5.23. The molecule has 0 spiro atoms. The highest BCUT2D eigenvalue weighted by Crippen LogP contribution is 2.22. The second kappa shape index (κ2) is 5.05. The summed E-state index contributed by atoms with van der Waals surface area (Å²) in [5.74, 6) is -1.02. The fourth-order valence-electron chi connectivity index (χ4n) is 1.48. The molecule has 18 heavy (non-hydrogen) atoms. The van der Waals surface area contributed by atoms with Gasteiger partial charge in [0.15, 0.2) is 0 Å². The van der Waals surface area contributed by atoms with E-state index in [9.17, 15) is 9.18 Å². The van der Waals surface area contributed by atoms with E-state index in [4.69, 9.17) is 11.5 Å². The minimum atomic E-state index is -0.589. The predicted octanol–water partition coefficient (Wildman–Crippen LogP) is 2.18. The van der Waals surface area contributed by atoms with Gasteiger partial charge >= 0.3 is 0 Å². The number of nitrogen functional groups attached to an aromatic ring is 1. The summed E-state index contributed by atoms with van der Waals surface area (Å²) in [7, 11) is 0. The number of halogens is 1. The maximum atomic E-state index is 13.5. The number of amides is 1. The summed E-state index contributed by atoms with van der Waals surface area (Å²) in [4.78, 5) is 11.9. The number of nitrogens with one attached hydrogen (secondary N) is 1. The van der Waals surface area contributed by atoms with Crippen LogP contribution in [0.4, 0.5) is 15.8 Å². The van der Waals surface area contributed by atoms with E-state index in [1.807, 2.05) is 5.38 Å². The van der Waals surface area contributed by atoms with Crippen molar-refractivity contribution in [1.29, 1.82) is 0 Å². The Hall–Kier alpha value is -2.08. The van der Waals surface area contributed by atoms with Gasteiger partial charge in [-0.05, 0) is 29.6 Å². The number of hydrogen-bond acceptors (Lipinski definition) is 4. The molecule has 0 saturated carbocycles. The van der Waals surface area contributed by atoms with Gasteiger partial charge in [0, 0.05) is 16.1 Å². The van der Waals surface area contributed by atoms with Crippen molar-refractivity contribution in [2.75, 3.05) is 11.1 Å². The van der Waals surface area contributed by atoms with Gasteiger partial charge in [0.25, 0.3) is 0 Å². The lowest BCUT2D eigenvalue weighted by Crippen LogP contribution is -2.12. The summed E-state index contributed by atoms with van der Waals surface area (Å²) in [5, 5.41) is 4.76. The number of rotatable bonds is 4. The summed E-state index contributed by atoms with van der Waals surface area (Å²) >= 11 is 1.48. The molecule has 1 heterocycles. The Labute approximate surface area is 107 Å². The number of carbonyl (C=O) groups excluding carboxylic acids is 1. The van der Waals surface area contributed by atoms with Crippen LogP contribution in [0.1, 0.15) is 15.2 Å². The zero-order valence-corrected chi connectivity index (χ0v) is 10.3. The number of hydrogen-bond donors (Lipinski definition) is 3. The van der Waals surface area contributed by atoms with Crippen molar-refractivity contribution in [3.05, 3.63) is 45.9 Å². The van der Waals surface area contributed by atoms with Crippen LogP contribution >= 0.6 is 11.3 Å². The summed E-state index contributed by atoms with van der Waals surface area (Å²) in [6.07, 6.45) is 0. The molecule has 2 rings (SSSR count). The van der Waals surface area contributed by atoms with E-state index in [0.717, 1.165) is 4.88 Å². The minimum Gasteiger partial charge on any atom is -0.398 e. The molecule has 0 radical (unpaired) electrons. The van der Waals surface area contributed by atoms with Crippen molar-refractivity contribution < 1.29 is 9.18 Å². The molecule has 1 aromatic carbocycles. The van der Waals surface area contributed by atoms with Gasteiger partial charge < -0.3 is 16.8 Å². The Morgan fingerprint density at radius 3 is 2.78 bits per heavy atom. The van der Waals surface area contributed by atoms with E-state index in [-0.39, 0.29) is 11.3 Å². The topological polar surface area (TPSA) is 81.1 Å². The first-order chi connectivity index (χ1) is 8.58. The van der Waals surface area contributed by atoms with Gasteiger partial charge in [0.1, 0.15) is 5.82 Å². The lowest BCUT2D eigenvalue weighted by atomic mass is 10.2. The number of benzene rings is 1. The van der Waals surface area contributed by atoms with Crippen LogP contribution in [0.5, 0.6) is 0 Å². The molecule has 0 saturated heterocycles. The lowest BCUT2D eigenvalue weighted by Gasteiger charge is -2.08. The van der Waals surface area contributed by atoms with Crippen LogP contribution in [-0.2, 0) is 6.54 Å². The third-order valence-electron chi connectivity index (χ3n) is 2.47. The Morgan fingerprint density at radius 1 is 1.39 bits per heavy atom. The molecule has 4 nitrogen and oxygen atoms in total. The third kappa shape index (κ3) is 2.60. The molecular formula is C12H12FN3OS. The number of thiophene rings is 1. The van der Waals surface area contributed by atoms with Crippen molar-refractivity contribution in [1.82, 2.24) is 0 Å². The van der Waals surface area contributed by atoms with Gasteiger partial charge in [-0.1, -0.05) is 0 Å². The number of nitrogens with two attached hydrogens (primary N) is 2. The minimum absolute atomic E-state index is 0.235. The Bertz CT molecular complexity index is 582. The van der Waals surface area contributed by atoms with E-state index in [0.29, 0.717) is 12.2 Å². The van der Waals surface area contributed by atoms with Crippen LogP contribution in [0.25, 0.3) is 0 Å². The zero-order chi connectivity index (χ0) is 13.1. The molecule has 6 heteroatoms. The smallest absolute Gasteiger partial charge is 0.248 e. The molecule has 0 unspecified atom stereocenters. The Kier molecular flexibility index (Phi) is 3.47. The fourth-order valence-corrected chi connectivity index (χ4v) is 2.22. The molecule has 0 fully saturated rings. The van der Waals surface area contributed by atoms with Crippen LogP contribution in [0, 0.1) is 5.82 Å². The van der Waals surface area contributed by atoms with Gasteiger partial charge in [-0.15, -0.1) is 11.3 Å². The summed E-state index contributed by atoms with van der Waals surface area (Å²) in [6.45, 7) is 0.405. The van der Waals surface area contributed by atoms with Gasteiger partial charge in [-0.25, -0.2) is 4.39 Å². The van der Waals surface area contributed by atoms with E-state index in [2.05, 4.69) is 5.32 Å². The third-order valence-corrected chi connectivity index (χ3v) is 3.41. The number of carbonyl (C=O) groups is 1. The normalized spacial score (nSPS) is 10.3. The van der Waals surface area contributed by atoms with Crippen molar-refractivity contribution in [3.8, 4) is 0 Å². The molecule has 2 aromatic rings. The number of primary amides is 1. The molecule has 5 N–H and O–H groups in total. The van der Waals surface area contributed by atoms with Crippen LogP contribution in [0.2, 0.25) is 0 Å². The zero-order valence-electron chi connectivity index (χ0n) is 9.44. The van der Waals surface area contributed by atoms with E-state index in [1.165, 1.54) is 29.5 Å². The molecular weight excluding hydrogens is 253 g/mol. The molecule has 0 aliphatic heterocycles. The maximum absolute atomic E-state index is 13.5. The highest BCUT2D eigenvalue weighted by molar-refractivity contribution is 7.10. The maximum Gasteiger partial charge on any atom is 0.248 e. The summed E-state index contributed by atoms with van der Waals surface area (Å²) < 4.78 is 13.5. The largest absolute Gasteiger partial charge is 0.398 e. The molecule has 0 atom stereocenters. The Balaban J connectivity index is 2.16. The Morgan fingerprint density at radius 2 is 2.17 bits per heavy atom. The summed E-state index contributed by atoms with van der Waals surface area (Å²) in [5.41, 5.74) is 12.0. The lowest BCUT2D eigenvalue weighted by molar-refractivity contribution is 0.100. The van der Waals surface area contributed by atoms with Gasteiger partial charge in [0.2, 0.25) is 5.91 Å². The van der Waals surface area contributed by atoms with Crippen LogP contribution in [0.15, 0.2) is 29.6 Å². The van der Waals surface area contributed by atoms with Crippen molar-refractivity contribution in [3.63, 3.8) is 0 Å². The average molecular weight is 265 g/mol. The molecule has 0 aliphatic rings. The standard InChI is InChI=1S/C12H12FN3OS/c13-8-2-1-7(12(15)17)5-10(8)16-6-11-9(14)3-4-18-11/h1-5,16H,6,14H2,(H2,15,17). The molecule has 0 bridgehead atoms. The highest BCUT2D eigenvalue weighted by Gasteiger charge is 2.08. The monoisotopic (exact) mass is 265 g/mol. The predicted molar refractivity (Wildman–Crippen MR) is 71.0 cm³/mol.